The maximum Gasteiger partial charge on any atom is 0.337 e. The van der Waals surface area contributed by atoms with E-state index in [0.717, 1.165) is 11.3 Å². The van der Waals surface area contributed by atoms with Crippen LogP contribution in [0.3, 0.4) is 0 Å². The van der Waals surface area contributed by atoms with E-state index in [0.29, 0.717) is 24.4 Å². The highest BCUT2D eigenvalue weighted by Gasteiger charge is 2.12. The molecule has 0 radical (unpaired) electrons. The van der Waals surface area contributed by atoms with Crippen molar-refractivity contribution in [2.24, 2.45) is 0 Å². The number of carbonyl (C=O) groups excluding carboxylic acids is 2. The molecule has 0 spiro atoms. The lowest BCUT2D eigenvalue weighted by molar-refractivity contribution is 0.0600. The Kier molecular flexibility index (Phi) is 6.39. The molecule has 0 unspecified atom stereocenters. The maximum atomic E-state index is 12.2. The number of esters is 1. The normalized spacial score (nSPS) is 10.0. The van der Waals surface area contributed by atoms with Gasteiger partial charge in [-0.05, 0) is 42.8 Å². The Morgan fingerprint density at radius 2 is 1.84 bits per heavy atom. The molecule has 2 aromatic carbocycles. The van der Waals surface area contributed by atoms with Gasteiger partial charge < -0.3 is 19.7 Å². The fraction of sp³-hybridized carbons (Fsp3) is 0.263. The molecule has 0 aliphatic heterocycles. The molecule has 0 aliphatic carbocycles. The highest BCUT2D eigenvalue weighted by Crippen LogP contribution is 2.17. The second-order valence-electron chi connectivity index (χ2n) is 5.53. The van der Waals surface area contributed by atoms with Gasteiger partial charge in [-0.1, -0.05) is 18.2 Å². The minimum Gasteiger partial charge on any atom is -0.492 e. The Hall–Kier alpha value is -3.02. The summed E-state index contributed by atoms with van der Waals surface area (Å²) in [5, 5.41) is 2.82. The van der Waals surface area contributed by atoms with Gasteiger partial charge >= 0.3 is 12.0 Å². The molecular formula is C19H22N2O4. The van der Waals surface area contributed by atoms with Crippen LogP contribution in [0, 0.1) is 6.92 Å². The number of likely N-dealkylation sites (N-methyl/N-ethyl adjacent to an activating group) is 1. The molecule has 2 aromatic rings. The minimum atomic E-state index is -0.406. The molecule has 132 valence electrons. The Bertz CT molecular complexity index is 731. The Balaban J connectivity index is 1.87. The molecule has 25 heavy (non-hydrogen) atoms. The van der Waals surface area contributed by atoms with Gasteiger partial charge in [-0.15, -0.1) is 0 Å². The van der Waals surface area contributed by atoms with E-state index in [1.807, 2.05) is 37.3 Å². The van der Waals surface area contributed by atoms with Crippen LogP contribution in [0.15, 0.2) is 48.5 Å². The second kappa shape index (κ2) is 8.73. The predicted molar refractivity (Wildman–Crippen MR) is 96.1 cm³/mol. The fourth-order valence-electron chi connectivity index (χ4n) is 2.18. The van der Waals surface area contributed by atoms with Crippen molar-refractivity contribution in [2.75, 3.05) is 32.6 Å². The van der Waals surface area contributed by atoms with E-state index < -0.39 is 5.97 Å². The van der Waals surface area contributed by atoms with Gasteiger partial charge in [0, 0.05) is 12.7 Å². The highest BCUT2D eigenvalue weighted by molar-refractivity contribution is 5.93. The smallest absolute Gasteiger partial charge is 0.337 e. The summed E-state index contributed by atoms with van der Waals surface area (Å²) >= 11 is 0. The molecule has 1 N–H and O–H groups in total. The van der Waals surface area contributed by atoms with Gasteiger partial charge in [0.2, 0.25) is 0 Å². The van der Waals surface area contributed by atoms with Crippen molar-refractivity contribution < 1.29 is 19.1 Å². The SMILES string of the molecule is COC(=O)c1ccc(NC(=O)N(C)CCOc2ccccc2)c(C)c1. The number of hydrogen-bond donors (Lipinski definition) is 1. The molecule has 6 heteroatoms. The molecule has 0 saturated heterocycles. The monoisotopic (exact) mass is 342 g/mol. The first kappa shape index (κ1) is 18.3. The van der Waals surface area contributed by atoms with Crippen molar-refractivity contribution in [1.82, 2.24) is 4.90 Å². The first-order valence-corrected chi connectivity index (χ1v) is 7.90. The van der Waals surface area contributed by atoms with Gasteiger partial charge in [0.1, 0.15) is 12.4 Å². The average Bonchev–Trinajstić information content (AvgIpc) is 2.63. The minimum absolute atomic E-state index is 0.245. The van der Waals surface area contributed by atoms with Crippen LogP contribution in [0.2, 0.25) is 0 Å². The molecule has 6 nitrogen and oxygen atoms in total. The van der Waals surface area contributed by atoms with Crippen molar-refractivity contribution in [1.29, 1.82) is 0 Å². The number of nitrogens with one attached hydrogen (secondary N) is 1. The van der Waals surface area contributed by atoms with Crippen molar-refractivity contribution in [3.63, 3.8) is 0 Å². The summed E-state index contributed by atoms with van der Waals surface area (Å²) in [6.45, 7) is 2.66. The number of hydrogen-bond acceptors (Lipinski definition) is 4. The number of para-hydroxylation sites is 1. The summed E-state index contributed by atoms with van der Waals surface area (Å²) in [7, 11) is 3.03. The number of aryl methyl sites for hydroxylation is 1. The number of amides is 2. The largest absolute Gasteiger partial charge is 0.492 e. The number of urea groups is 1. The molecule has 0 bridgehead atoms. The van der Waals surface area contributed by atoms with Crippen LogP contribution in [-0.4, -0.2) is 44.2 Å². The zero-order valence-electron chi connectivity index (χ0n) is 14.6. The number of benzene rings is 2. The zero-order valence-corrected chi connectivity index (χ0v) is 14.6. The first-order valence-electron chi connectivity index (χ1n) is 7.90. The number of rotatable bonds is 6. The van der Waals surface area contributed by atoms with Crippen LogP contribution < -0.4 is 10.1 Å². The molecular weight excluding hydrogens is 320 g/mol. The first-order chi connectivity index (χ1) is 12.0. The average molecular weight is 342 g/mol. The van der Waals surface area contributed by atoms with Crippen LogP contribution in [0.1, 0.15) is 15.9 Å². The fourth-order valence-corrected chi connectivity index (χ4v) is 2.18. The number of nitrogens with zero attached hydrogens (tertiary/aromatic N) is 1. The Morgan fingerprint density at radius 3 is 2.48 bits per heavy atom. The summed E-state index contributed by atoms with van der Waals surface area (Å²) < 4.78 is 10.3. The quantitative estimate of drug-likeness (QED) is 0.818. The van der Waals surface area contributed by atoms with Gasteiger partial charge in [0.25, 0.3) is 0 Å². The third kappa shape index (κ3) is 5.24. The lowest BCUT2D eigenvalue weighted by atomic mass is 10.1. The lowest BCUT2D eigenvalue weighted by Gasteiger charge is -2.19. The van der Waals surface area contributed by atoms with E-state index in [1.54, 1.807) is 25.2 Å². The molecule has 0 fully saturated rings. The van der Waals surface area contributed by atoms with E-state index >= 15 is 0 Å². The van der Waals surface area contributed by atoms with Crippen LogP contribution in [0.5, 0.6) is 5.75 Å². The van der Waals surface area contributed by atoms with Gasteiger partial charge in [-0.3, -0.25) is 0 Å². The van der Waals surface area contributed by atoms with E-state index in [2.05, 4.69) is 10.1 Å². The molecule has 0 saturated carbocycles. The van der Waals surface area contributed by atoms with Crippen molar-refractivity contribution in [3.8, 4) is 5.75 Å². The van der Waals surface area contributed by atoms with Gasteiger partial charge in [0.05, 0.1) is 19.2 Å². The summed E-state index contributed by atoms with van der Waals surface area (Å²) in [5.74, 6) is 0.363. The molecule has 2 amide bonds. The van der Waals surface area contributed by atoms with Gasteiger partial charge in [0.15, 0.2) is 0 Å². The molecule has 0 aromatic heterocycles. The second-order valence-corrected chi connectivity index (χ2v) is 5.53. The van der Waals surface area contributed by atoms with Crippen LogP contribution in [0.4, 0.5) is 10.5 Å². The van der Waals surface area contributed by atoms with Crippen LogP contribution >= 0.6 is 0 Å². The van der Waals surface area contributed by atoms with E-state index in [9.17, 15) is 9.59 Å². The third-order valence-electron chi connectivity index (χ3n) is 3.67. The number of methoxy groups -OCH3 is 1. The van der Waals surface area contributed by atoms with Gasteiger partial charge in [-0.25, -0.2) is 9.59 Å². The van der Waals surface area contributed by atoms with E-state index in [-0.39, 0.29) is 6.03 Å². The van der Waals surface area contributed by atoms with E-state index in [1.165, 1.54) is 12.0 Å². The van der Waals surface area contributed by atoms with E-state index in [4.69, 9.17) is 4.74 Å². The standard InChI is InChI=1S/C19H22N2O4/c1-14-13-15(18(22)24-3)9-10-17(14)20-19(23)21(2)11-12-25-16-7-5-4-6-8-16/h4-10,13H,11-12H2,1-3H3,(H,20,23). The molecule has 0 aliphatic rings. The van der Waals surface area contributed by atoms with Gasteiger partial charge in [-0.2, -0.15) is 0 Å². The molecule has 0 atom stereocenters. The molecule has 2 rings (SSSR count). The zero-order chi connectivity index (χ0) is 18.2. The Morgan fingerprint density at radius 1 is 1.12 bits per heavy atom. The highest BCUT2D eigenvalue weighted by atomic mass is 16.5. The number of ether oxygens (including phenoxy) is 2. The summed E-state index contributed by atoms with van der Waals surface area (Å²) in [6.07, 6.45) is 0. The van der Waals surface area contributed by atoms with Crippen molar-refractivity contribution in [2.45, 2.75) is 6.92 Å². The Labute approximate surface area is 147 Å². The van der Waals surface area contributed by atoms with Crippen molar-refractivity contribution >= 4 is 17.7 Å². The predicted octanol–water partition coefficient (Wildman–Crippen LogP) is 3.32. The maximum absolute atomic E-state index is 12.2. The lowest BCUT2D eigenvalue weighted by Crippen LogP contribution is -2.34. The summed E-state index contributed by atoms with van der Waals surface area (Å²) in [5.41, 5.74) is 1.88. The third-order valence-corrected chi connectivity index (χ3v) is 3.67. The van der Waals surface area contributed by atoms with Crippen molar-refractivity contribution in [3.05, 3.63) is 59.7 Å². The number of carbonyl (C=O) groups is 2. The summed E-state index contributed by atoms with van der Waals surface area (Å²) in [4.78, 5) is 25.3. The molecule has 0 heterocycles. The van der Waals surface area contributed by atoms with Crippen LogP contribution in [-0.2, 0) is 4.74 Å². The number of anilines is 1. The topological polar surface area (TPSA) is 67.9 Å². The van der Waals surface area contributed by atoms with Crippen LogP contribution in [0.25, 0.3) is 0 Å². The summed E-state index contributed by atoms with van der Waals surface area (Å²) in [6, 6.07) is 14.2.